The molecule has 1 aliphatic heterocycles. The first-order chi connectivity index (χ1) is 17.4. The summed E-state index contributed by atoms with van der Waals surface area (Å²) in [6.45, 7) is 6.96. The van der Waals surface area contributed by atoms with E-state index >= 15 is 0 Å². The molecule has 0 amide bonds. The third kappa shape index (κ3) is 4.38. The summed E-state index contributed by atoms with van der Waals surface area (Å²) < 4.78 is 13.6. The lowest BCUT2D eigenvalue weighted by atomic mass is 9.97. The van der Waals surface area contributed by atoms with Crippen molar-refractivity contribution in [2.45, 2.75) is 20.8 Å². The van der Waals surface area contributed by atoms with Crippen molar-refractivity contribution in [1.82, 2.24) is 24.6 Å². The smallest absolute Gasteiger partial charge is 0.187 e. The minimum absolute atomic E-state index is 0.0198. The van der Waals surface area contributed by atoms with Crippen molar-refractivity contribution in [2.24, 2.45) is 5.41 Å². The number of hydrogen-bond acceptors (Lipinski definition) is 8. The first-order valence-electron chi connectivity index (χ1n) is 11.6. The van der Waals surface area contributed by atoms with E-state index in [-0.39, 0.29) is 5.41 Å². The molecule has 3 aromatic heterocycles. The lowest BCUT2D eigenvalue weighted by Gasteiger charge is -2.13. The lowest BCUT2D eigenvalue weighted by Crippen LogP contribution is -2.08. The van der Waals surface area contributed by atoms with Gasteiger partial charge >= 0.3 is 0 Å². The molecular formula is C27H25N7O2. The van der Waals surface area contributed by atoms with E-state index in [1.807, 2.05) is 61.7 Å². The Kier molecular flexibility index (Phi) is 5.18. The van der Waals surface area contributed by atoms with Crippen LogP contribution in [0.3, 0.4) is 0 Å². The number of nitrogens with zero attached hydrogens (tertiary/aromatic N) is 5. The third-order valence-corrected chi connectivity index (χ3v) is 5.94. The Hall–Kier alpha value is -4.66. The summed E-state index contributed by atoms with van der Waals surface area (Å²) in [4.78, 5) is 13.1. The van der Waals surface area contributed by atoms with Crippen LogP contribution in [0.25, 0.3) is 16.6 Å². The Labute approximate surface area is 207 Å². The molecule has 9 heteroatoms. The second-order valence-electron chi connectivity index (χ2n) is 9.50. The molecule has 0 aliphatic carbocycles. The first-order valence-corrected chi connectivity index (χ1v) is 11.6. The van der Waals surface area contributed by atoms with Gasteiger partial charge in [0.25, 0.3) is 0 Å². The maximum atomic E-state index is 6.10. The average Bonchev–Trinajstić information content (AvgIpc) is 3.46. The van der Waals surface area contributed by atoms with Crippen LogP contribution in [0.1, 0.15) is 19.4 Å². The molecule has 0 saturated heterocycles. The minimum Gasteiger partial charge on any atom is -0.478 e. The number of anilines is 3. The maximum Gasteiger partial charge on any atom is 0.187 e. The Morgan fingerprint density at radius 1 is 0.944 bits per heavy atom. The molecule has 180 valence electrons. The molecule has 36 heavy (non-hydrogen) atoms. The van der Waals surface area contributed by atoms with Crippen LogP contribution in [0.2, 0.25) is 0 Å². The van der Waals surface area contributed by atoms with Gasteiger partial charge in [0.1, 0.15) is 30.0 Å². The van der Waals surface area contributed by atoms with Crippen LogP contribution in [-0.2, 0) is 4.74 Å². The number of fused-ring (bicyclic) bond motifs is 2. The SMILES string of the molecule is Cc1cc(Nc2ncnc3ccc(NC4=CC(C)(C)CO4)cc23)ccc1Oc1ccn2ncnc2c1. The number of benzene rings is 2. The number of aromatic nitrogens is 5. The van der Waals surface area contributed by atoms with Crippen LogP contribution in [-0.4, -0.2) is 31.2 Å². The van der Waals surface area contributed by atoms with Gasteiger partial charge in [0.15, 0.2) is 11.5 Å². The maximum absolute atomic E-state index is 6.10. The lowest BCUT2D eigenvalue weighted by molar-refractivity contribution is 0.190. The molecule has 0 spiro atoms. The van der Waals surface area contributed by atoms with Gasteiger partial charge in [0.05, 0.1) is 12.1 Å². The van der Waals surface area contributed by atoms with Crippen molar-refractivity contribution in [3.63, 3.8) is 0 Å². The van der Waals surface area contributed by atoms with Gasteiger partial charge < -0.3 is 20.1 Å². The highest BCUT2D eigenvalue weighted by molar-refractivity contribution is 5.93. The predicted molar refractivity (Wildman–Crippen MR) is 138 cm³/mol. The van der Waals surface area contributed by atoms with E-state index in [1.165, 1.54) is 6.33 Å². The van der Waals surface area contributed by atoms with Crippen LogP contribution < -0.4 is 15.4 Å². The summed E-state index contributed by atoms with van der Waals surface area (Å²) in [5.74, 6) is 2.94. The van der Waals surface area contributed by atoms with Gasteiger partial charge in [-0.3, -0.25) is 0 Å². The van der Waals surface area contributed by atoms with Crippen LogP contribution in [0.15, 0.2) is 79.3 Å². The largest absolute Gasteiger partial charge is 0.478 e. The molecule has 2 aromatic carbocycles. The minimum atomic E-state index is 0.0198. The molecule has 0 radical (unpaired) electrons. The summed E-state index contributed by atoms with van der Waals surface area (Å²) in [5.41, 5.74) is 4.39. The van der Waals surface area contributed by atoms with Crippen molar-refractivity contribution >= 4 is 33.7 Å². The molecular weight excluding hydrogens is 454 g/mol. The fraction of sp³-hybridized carbons (Fsp3) is 0.185. The van der Waals surface area contributed by atoms with Gasteiger partial charge in [-0.2, -0.15) is 5.10 Å². The Balaban J connectivity index is 1.23. The number of nitrogens with one attached hydrogen (secondary N) is 2. The molecule has 4 heterocycles. The molecule has 9 nitrogen and oxygen atoms in total. The zero-order valence-corrected chi connectivity index (χ0v) is 20.2. The second-order valence-corrected chi connectivity index (χ2v) is 9.50. The average molecular weight is 480 g/mol. The van der Waals surface area contributed by atoms with Crippen LogP contribution >= 0.6 is 0 Å². The van der Waals surface area contributed by atoms with Gasteiger partial charge in [0.2, 0.25) is 0 Å². The highest BCUT2D eigenvalue weighted by Crippen LogP contribution is 2.32. The summed E-state index contributed by atoms with van der Waals surface area (Å²) in [6.07, 6.45) is 7.01. The number of pyridine rings is 1. The number of hydrogen-bond donors (Lipinski definition) is 2. The van der Waals surface area contributed by atoms with Gasteiger partial charge in [-0.05, 0) is 61.0 Å². The van der Waals surface area contributed by atoms with E-state index in [1.54, 1.807) is 10.8 Å². The van der Waals surface area contributed by atoms with Gasteiger partial charge in [-0.25, -0.2) is 19.5 Å². The normalized spacial score (nSPS) is 14.5. The van der Waals surface area contributed by atoms with Gasteiger partial charge in [0, 0.05) is 34.4 Å². The number of rotatable bonds is 6. The van der Waals surface area contributed by atoms with Crippen LogP contribution in [0.4, 0.5) is 17.2 Å². The fourth-order valence-corrected chi connectivity index (χ4v) is 4.12. The fourth-order valence-electron chi connectivity index (χ4n) is 4.12. The van der Waals surface area contributed by atoms with Crippen molar-refractivity contribution < 1.29 is 9.47 Å². The highest BCUT2D eigenvalue weighted by Gasteiger charge is 2.24. The van der Waals surface area contributed by atoms with E-state index in [4.69, 9.17) is 9.47 Å². The molecule has 2 N–H and O–H groups in total. The predicted octanol–water partition coefficient (Wildman–Crippen LogP) is 5.83. The van der Waals surface area contributed by atoms with Crippen molar-refractivity contribution in [2.75, 3.05) is 17.2 Å². The summed E-state index contributed by atoms with van der Waals surface area (Å²) in [6, 6.07) is 15.6. The highest BCUT2D eigenvalue weighted by atomic mass is 16.5. The molecule has 0 bridgehead atoms. The Morgan fingerprint density at radius 3 is 2.64 bits per heavy atom. The van der Waals surface area contributed by atoms with E-state index in [9.17, 15) is 0 Å². The molecule has 5 aromatic rings. The summed E-state index contributed by atoms with van der Waals surface area (Å²) in [5, 5.41) is 11.8. The summed E-state index contributed by atoms with van der Waals surface area (Å²) in [7, 11) is 0. The molecule has 0 saturated carbocycles. The van der Waals surface area contributed by atoms with Gasteiger partial charge in [-0.15, -0.1) is 0 Å². The first kappa shape index (κ1) is 21.8. The second kappa shape index (κ2) is 8.53. The molecule has 1 aliphatic rings. The van der Waals surface area contributed by atoms with Crippen molar-refractivity contribution in [1.29, 1.82) is 0 Å². The van der Waals surface area contributed by atoms with E-state index < -0.39 is 0 Å². The van der Waals surface area contributed by atoms with Crippen molar-refractivity contribution in [3.8, 4) is 11.5 Å². The van der Waals surface area contributed by atoms with Crippen molar-refractivity contribution in [3.05, 3.63) is 84.9 Å². The zero-order chi connectivity index (χ0) is 24.7. The number of ether oxygens (including phenoxy) is 2. The van der Waals surface area contributed by atoms with Gasteiger partial charge in [-0.1, -0.05) is 13.8 Å². The summed E-state index contributed by atoms with van der Waals surface area (Å²) >= 11 is 0. The molecule has 0 unspecified atom stereocenters. The number of aryl methyl sites for hydroxylation is 1. The molecule has 0 fully saturated rings. The van der Waals surface area contributed by atoms with E-state index in [0.29, 0.717) is 12.4 Å². The van der Waals surface area contributed by atoms with Crippen LogP contribution in [0, 0.1) is 12.3 Å². The van der Waals surface area contributed by atoms with Crippen LogP contribution in [0.5, 0.6) is 11.5 Å². The topological polar surface area (TPSA) is 98.5 Å². The molecule has 0 atom stereocenters. The Bertz CT molecular complexity index is 1620. The molecule has 6 rings (SSSR count). The zero-order valence-electron chi connectivity index (χ0n) is 20.2. The monoisotopic (exact) mass is 479 g/mol. The van der Waals surface area contributed by atoms with E-state index in [0.717, 1.165) is 50.9 Å². The quantitative estimate of drug-likeness (QED) is 0.314. The third-order valence-electron chi connectivity index (χ3n) is 5.94. The van der Waals surface area contributed by atoms with E-state index in [2.05, 4.69) is 50.6 Å². The Morgan fingerprint density at radius 2 is 1.81 bits per heavy atom. The standard InChI is InChI=1S/C27H25N7O2/c1-17-10-18(5-7-23(17)36-20-8-9-34-24(12-20)29-16-31-34)33-26-21-11-19(4-6-22(21)28-15-30-26)32-25-13-27(2,3)14-35-25/h4-13,15-16,32H,14H2,1-3H3,(H,28,30,33).